The average molecular weight is 485 g/mol. The second-order valence-electron chi connectivity index (χ2n) is 11.1. The van der Waals surface area contributed by atoms with Gasteiger partial charge in [0.15, 0.2) is 0 Å². The Hall–Kier alpha value is -2.88. The smallest absolute Gasteiger partial charge is 0.410 e. The maximum Gasteiger partial charge on any atom is 0.410 e. The quantitative estimate of drug-likeness (QED) is 0.474. The van der Waals surface area contributed by atoms with Crippen molar-refractivity contribution in [3.05, 3.63) is 28.4 Å². The molecular formula is C25H36N6O4. The first-order valence-electron chi connectivity index (χ1n) is 12.8. The van der Waals surface area contributed by atoms with Crippen molar-refractivity contribution in [1.29, 1.82) is 0 Å². The number of nitro benzene ring substituents is 1. The number of hydrogen-bond donors (Lipinski definition) is 0. The predicted molar refractivity (Wildman–Crippen MR) is 134 cm³/mol. The highest BCUT2D eigenvalue weighted by Gasteiger charge is 2.32. The van der Waals surface area contributed by atoms with Crippen molar-refractivity contribution in [2.75, 3.05) is 44.2 Å². The summed E-state index contributed by atoms with van der Waals surface area (Å²) in [6.07, 6.45) is 6.54. The van der Waals surface area contributed by atoms with Crippen molar-refractivity contribution in [2.24, 2.45) is 0 Å². The molecule has 190 valence electrons. The van der Waals surface area contributed by atoms with Gasteiger partial charge in [0.2, 0.25) is 0 Å². The normalized spacial score (nSPS) is 20.8. The SMILES string of the molecule is CC(C)(C)OC(=O)N1CCC(n2cc3cc([N+](=O)[O-])c(N4CCC(N5CCC5)CC4)cc3n2)CC1. The van der Waals surface area contributed by atoms with Crippen molar-refractivity contribution < 1.29 is 14.5 Å². The number of ether oxygens (including phenoxy) is 1. The molecule has 0 N–H and O–H groups in total. The molecule has 0 spiro atoms. The molecule has 0 bridgehead atoms. The van der Waals surface area contributed by atoms with E-state index in [1.165, 1.54) is 19.5 Å². The molecule has 0 unspecified atom stereocenters. The van der Waals surface area contributed by atoms with Crippen LogP contribution in [-0.2, 0) is 4.74 Å². The minimum Gasteiger partial charge on any atom is -0.444 e. The van der Waals surface area contributed by atoms with Crippen LogP contribution in [0.2, 0.25) is 0 Å². The number of piperidine rings is 2. The van der Waals surface area contributed by atoms with Gasteiger partial charge in [-0.05, 0) is 72.0 Å². The van der Waals surface area contributed by atoms with Crippen molar-refractivity contribution in [3.63, 3.8) is 0 Å². The lowest BCUT2D eigenvalue weighted by atomic mass is 9.99. The Bertz CT molecular complexity index is 1090. The lowest BCUT2D eigenvalue weighted by Gasteiger charge is -2.43. The van der Waals surface area contributed by atoms with Gasteiger partial charge in [-0.1, -0.05) is 0 Å². The molecule has 0 aliphatic carbocycles. The van der Waals surface area contributed by atoms with Crippen molar-refractivity contribution in [2.45, 2.75) is 70.6 Å². The molecule has 1 amide bonds. The van der Waals surface area contributed by atoms with Gasteiger partial charge < -0.3 is 19.4 Å². The van der Waals surface area contributed by atoms with Crippen molar-refractivity contribution in [1.82, 2.24) is 19.6 Å². The third-order valence-electron chi connectivity index (χ3n) is 7.52. The van der Waals surface area contributed by atoms with Gasteiger partial charge in [-0.3, -0.25) is 14.8 Å². The summed E-state index contributed by atoms with van der Waals surface area (Å²) in [5.41, 5.74) is 1.10. The number of aromatic nitrogens is 2. The van der Waals surface area contributed by atoms with Gasteiger partial charge >= 0.3 is 6.09 Å². The monoisotopic (exact) mass is 484 g/mol. The number of carbonyl (C=O) groups excluding carboxylic acids is 1. The molecule has 0 atom stereocenters. The van der Waals surface area contributed by atoms with E-state index in [4.69, 9.17) is 9.84 Å². The number of hydrogen-bond acceptors (Lipinski definition) is 7. The van der Waals surface area contributed by atoms with Gasteiger partial charge in [0.25, 0.3) is 5.69 Å². The number of nitrogens with zero attached hydrogens (tertiary/aromatic N) is 6. The fourth-order valence-corrected chi connectivity index (χ4v) is 5.47. The van der Waals surface area contributed by atoms with Crippen LogP contribution in [-0.4, -0.2) is 81.5 Å². The summed E-state index contributed by atoms with van der Waals surface area (Å²) in [4.78, 5) is 30.5. The number of carbonyl (C=O) groups is 1. The molecule has 3 saturated heterocycles. The first-order valence-corrected chi connectivity index (χ1v) is 12.8. The first kappa shape index (κ1) is 23.8. The van der Waals surface area contributed by atoms with Crippen molar-refractivity contribution in [3.8, 4) is 0 Å². The highest BCUT2D eigenvalue weighted by Crippen LogP contribution is 2.36. The molecule has 5 rings (SSSR count). The van der Waals surface area contributed by atoms with Crippen LogP contribution >= 0.6 is 0 Å². The molecule has 1 aromatic carbocycles. The number of nitro groups is 1. The number of amides is 1. The fraction of sp³-hybridized carbons (Fsp3) is 0.680. The van der Waals surface area contributed by atoms with Gasteiger partial charge in [-0.15, -0.1) is 0 Å². The molecule has 2 aromatic rings. The minimum absolute atomic E-state index is 0.149. The fourth-order valence-electron chi connectivity index (χ4n) is 5.47. The molecular weight excluding hydrogens is 448 g/mol. The Morgan fingerprint density at radius 3 is 2.26 bits per heavy atom. The zero-order valence-corrected chi connectivity index (χ0v) is 21.0. The number of likely N-dealkylation sites (tertiary alicyclic amines) is 2. The molecule has 3 aliphatic rings. The van der Waals surface area contributed by atoms with E-state index >= 15 is 0 Å². The molecule has 1 aromatic heterocycles. The molecule has 10 nitrogen and oxygen atoms in total. The minimum atomic E-state index is -0.510. The summed E-state index contributed by atoms with van der Waals surface area (Å²) in [7, 11) is 0. The topological polar surface area (TPSA) is 97.0 Å². The van der Waals surface area contributed by atoms with Crippen LogP contribution in [0.5, 0.6) is 0 Å². The van der Waals surface area contributed by atoms with Gasteiger partial charge in [-0.25, -0.2) is 4.79 Å². The van der Waals surface area contributed by atoms with Gasteiger partial charge in [-0.2, -0.15) is 5.10 Å². The summed E-state index contributed by atoms with van der Waals surface area (Å²) in [5, 5.41) is 17.5. The summed E-state index contributed by atoms with van der Waals surface area (Å²) in [6, 6.07) is 4.32. The van der Waals surface area contributed by atoms with E-state index in [0.717, 1.165) is 49.7 Å². The third kappa shape index (κ3) is 5.07. The Kier molecular flexibility index (Phi) is 6.33. The number of benzene rings is 1. The standard InChI is InChI=1S/C25H36N6O4/c1-25(2,3)35-24(32)29-13-7-20(8-14-29)30-17-18-15-23(31(33)34)22(16-21(18)26-30)28-11-5-19(6-12-28)27-9-4-10-27/h15-17,19-20H,4-14H2,1-3H3. The van der Waals surface area contributed by atoms with Crippen LogP contribution in [0.25, 0.3) is 10.9 Å². The molecule has 35 heavy (non-hydrogen) atoms. The van der Waals surface area contributed by atoms with E-state index < -0.39 is 5.60 Å². The number of anilines is 1. The van der Waals surface area contributed by atoms with E-state index in [0.29, 0.717) is 24.8 Å². The lowest BCUT2D eigenvalue weighted by molar-refractivity contribution is -0.384. The summed E-state index contributed by atoms with van der Waals surface area (Å²) in [5.74, 6) is 0. The van der Waals surface area contributed by atoms with Crippen molar-refractivity contribution >= 4 is 28.4 Å². The number of rotatable bonds is 4. The van der Waals surface area contributed by atoms with Crippen LogP contribution in [0.15, 0.2) is 18.3 Å². The Morgan fingerprint density at radius 2 is 1.69 bits per heavy atom. The second kappa shape index (κ2) is 9.29. The molecule has 0 saturated carbocycles. The van der Waals surface area contributed by atoms with E-state index in [9.17, 15) is 14.9 Å². The van der Waals surface area contributed by atoms with E-state index in [2.05, 4.69) is 9.80 Å². The molecule has 0 radical (unpaired) electrons. The predicted octanol–water partition coefficient (Wildman–Crippen LogP) is 4.19. The van der Waals surface area contributed by atoms with Gasteiger partial charge in [0, 0.05) is 49.9 Å². The zero-order valence-electron chi connectivity index (χ0n) is 21.0. The van der Waals surface area contributed by atoms with Crippen LogP contribution in [0.3, 0.4) is 0 Å². The lowest BCUT2D eigenvalue weighted by Crippen LogP contribution is -2.50. The van der Waals surface area contributed by atoms with E-state index in [1.807, 2.05) is 37.7 Å². The van der Waals surface area contributed by atoms with Crippen LogP contribution in [0, 0.1) is 10.1 Å². The summed E-state index contributed by atoms with van der Waals surface area (Å²) >= 11 is 0. The Morgan fingerprint density at radius 1 is 1.03 bits per heavy atom. The summed E-state index contributed by atoms with van der Waals surface area (Å²) in [6.45, 7) is 10.9. The van der Waals surface area contributed by atoms with E-state index in [1.54, 1.807) is 11.0 Å². The summed E-state index contributed by atoms with van der Waals surface area (Å²) < 4.78 is 7.43. The van der Waals surface area contributed by atoms with Crippen LogP contribution in [0.1, 0.15) is 58.9 Å². The second-order valence-corrected chi connectivity index (χ2v) is 11.1. The first-order chi connectivity index (χ1) is 16.7. The Labute approximate surface area is 205 Å². The molecule has 10 heteroatoms. The van der Waals surface area contributed by atoms with Gasteiger partial charge in [0.05, 0.1) is 16.5 Å². The van der Waals surface area contributed by atoms with Crippen LogP contribution in [0.4, 0.5) is 16.2 Å². The highest BCUT2D eigenvalue weighted by atomic mass is 16.6. The highest BCUT2D eigenvalue weighted by molar-refractivity contribution is 5.87. The van der Waals surface area contributed by atoms with Gasteiger partial charge in [0.1, 0.15) is 11.3 Å². The maximum atomic E-state index is 12.4. The number of fused-ring (bicyclic) bond motifs is 1. The maximum absolute atomic E-state index is 12.4. The molecule has 3 fully saturated rings. The van der Waals surface area contributed by atoms with Crippen LogP contribution < -0.4 is 4.90 Å². The Balaban J connectivity index is 1.29. The largest absolute Gasteiger partial charge is 0.444 e. The third-order valence-corrected chi connectivity index (χ3v) is 7.52. The van der Waals surface area contributed by atoms with E-state index in [-0.39, 0.29) is 22.7 Å². The molecule has 3 aliphatic heterocycles. The molecule has 4 heterocycles. The zero-order chi connectivity index (χ0) is 24.7. The average Bonchev–Trinajstić information content (AvgIpc) is 3.20.